The van der Waals surface area contributed by atoms with Gasteiger partial charge in [0.05, 0.1) is 16.6 Å². The van der Waals surface area contributed by atoms with E-state index in [2.05, 4.69) is 21.5 Å². The Morgan fingerprint density at radius 3 is 3.27 bits per heavy atom. The van der Waals surface area contributed by atoms with Gasteiger partial charge in [-0.1, -0.05) is 16.8 Å². The maximum Gasteiger partial charge on any atom is 0.144 e. The molecule has 0 unspecified atom stereocenters. The minimum Gasteiger partial charge on any atom is -0.506 e. The van der Waals surface area contributed by atoms with Gasteiger partial charge in [-0.15, -0.1) is 5.10 Å². The van der Waals surface area contributed by atoms with Crippen molar-refractivity contribution in [2.75, 3.05) is 0 Å². The van der Waals surface area contributed by atoms with Crippen molar-refractivity contribution in [1.29, 1.82) is 0 Å². The van der Waals surface area contributed by atoms with E-state index in [0.717, 1.165) is 0 Å². The number of hydrogen-bond donors (Lipinski definition) is 2. The third-order valence-corrected chi connectivity index (χ3v) is 1.60. The van der Waals surface area contributed by atoms with Crippen LogP contribution in [-0.2, 0) is 0 Å². The van der Waals surface area contributed by atoms with Gasteiger partial charge in [-0.2, -0.15) is 0 Å². The molecule has 2 aromatic rings. The van der Waals surface area contributed by atoms with E-state index in [9.17, 15) is 0 Å². The van der Waals surface area contributed by atoms with Gasteiger partial charge in [0.1, 0.15) is 11.3 Å². The summed E-state index contributed by atoms with van der Waals surface area (Å²) in [7, 11) is 0. The maximum atomic E-state index is 9.07. The Kier molecular flexibility index (Phi) is 1.22. The van der Waals surface area contributed by atoms with E-state index in [1.807, 2.05) is 0 Å². The second kappa shape index (κ2) is 2.10. The lowest BCUT2D eigenvalue weighted by Gasteiger charge is -1.92. The first-order valence-electron chi connectivity index (χ1n) is 2.89. The molecule has 1 aromatic carbocycles. The molecule has 11 heavy (non-hydrogen) atoms. The smallest absolute Gasteiger partial charge is 0.144 e. The number of phenols is 1. The Bertz CT molecular complexity index is 362. The zero-order valence-corrected chi connectivity index (χ0v) is 6.05. The van der Waals surface area contributed by atoms with Crippen molar-refractivity contribution in [3.8, 4) is 5.75 Å². The number of hydrogen-bond acceptors (Lipinski definition) is 3. The van der Waals surface area contributed by atoms with E-state index >= 15 is 0 Å². The molecule has 55 valence electrons. The molecule has 1 aromatic heterocycles. The van der Waals surface area contributed by atoms with Gasteiger partial charge < -0.3 is 5.11 Å². The summed E-state index contributed by atoms with van der Waals surface area (Å²) in [6, 6.07) is 4.10. The monoisotopic (exact) mass is 168 g/mol. The predicted octanol–water partition coefficient (Wildman–Crippen LogP) is 1.12. The molecule has 0 amide bonds. The molecule has 0 saturated carbocycles. The van der Waals surface area contributed by atoms with Crippen LogP contribution in [0.5, 0.6) is 5.75 Å². The van der Waals surface area contributed by atoms with E-state index in [4.69, 9.17) is 16.7 Å². The average Bonchev–Trinajstić information content (AvgIpc) is 2.36. The number of nitrogens with one attached hydrogen (secondary N) is 1. The fourth-order valence-corrected chi connectivity index (χ4v) is 0.952. The summed E-state index contributed by atoms with van der Waals surface area (Å²) in [6.07, 6.45) is 0. The minimum absolute atomic E-state index is 0.104. The van der Waals surface area contributed by atoms with Crippen molar-refractivity contribution in [3.05, 3.63) is 17.2 Å². The summed E-state index contributed by atoms with van der Waals surface area (Å²) < 4.78 is 0. The largest absolute Gasteiger partial charge is 0.506 e. The molecule has 0 saturated heterocycles. The van der Waals surface area contributed by atoms with E-state index in [1.54, 1.807) is 6.07 Å². The summed E-state index contributed by atoms with van der Waals surface area (Å²) in [5.41, 5.74) is 1.14. The summed E-state index contributed by atoms with van der Waals surface area (Å²) in [6.45, 7) is 0. The van der Waals surface area contributed by atoms with E-state index in [-0.39, 0.29) is 10.8 Å². The Labute approximate surface area is 66.8 Å². The van der Waals surface area contributed by atoms with Crippen LogP contribution in [0.25, 0.3) is 11.0 Å². The molecular weight excluding hydrogens is 166 g/mol. The van der Waals surface area contributed by atoms with Gasteiger partial charge in [-0.05, 0) is 6.07 Å². The molecule has 4 nitrogen and oxygen atoms in total. The van der Waals surface area contributed by atoms with E-state index < -0.39 is 0 Å². The molecule has 0 spiro atoms. The predicted molar refractivity (Wildman–Crippen MR) is 39.4 cm³/mol. The van der Waals surface area contributed by atoms with Crippen molar-refractivity contribution < 1.29 is 5.11 Å². The number of aromatic amines is 1. The number of fused-ring (bicyclic) bond motifs is 1. The van der Waals surface area contributed by atoms with Crippen LogP contribution in [0.1, 0.15) is 0 Å². The molecule has 0 atom stereocenters. The summed E-state index contributed by atoms with van der Waals surface area (Å²) >= 11 is 5.59. The van der Waals surface area contributed by atoms with Crippen LogP contribution >= 0.6 is 11.6 Å². The topological polar surface area (TPSA) is 61.8 Å². The van der Waals surface area contributed by atoms with Crippen LogP contribution in [0.2, 0.25) is 5.02 Å². The summed E-state index contributed by atoms with van der Waals surface area (Å²) in [5, 5.41) is 19.1. The number of H-pyrrole nitrogens is 1. The molecule has 0 bridgehead atoms. The molecule has 0 aliphatic rings. The van der Waals surface area contributed by atoms with Crippen molar-refractivity contribution in [1.82, 2.24) is 15.4 Å². The molecular formula is C6H3ClN3O. The molecule has 1 heterocycles. The average molecular weight is 169 g/mol. The van der Waals surface area contributed by atoms with Gasteiger partial charge in [-0.25, -0.2) is 0 Å². The van der Waals surface area contributed by atoms with Gasteiger partial charge in [0.2, 0.25) is 0 Å². The number of aromatic nitrogens is 3. The van der Waals surface area contributed by atoms with Gasteiger partial charge in [0.25, 0.3) is 0 Å². The fraction of sp³-hybridized carbons (Fsp3) is 0. The minimum atomic E-state index is -0.104. The highest BCUT2D eigenvalue weighted by Gasteiger charge is 2.03. The molecule has 0 aliphatic carbocycles. The SMILES string of the molecule is Oc1[c]c2nn[nH]c2cc1Cl. The highest BCUT2D eigenvalue weighted by Crippen LogP contribution is 2.25. The Morgan fingerprint density at radius 2 is 2.45 bits per heavy atom. The third-order valence-electron chi connectivity index (χ3n) is 1.31. The second-order valence-corrected chi connectivity index (χ2v) is 2.45. The van der Waals surface area contributed by atoms with Crippen molar-refractivity contribution in [3.63, 3.8) is 0 Å². The van der Waals surface area contributed by atoms with Crippen LogP contribution in [0.3, 0.4) is 0 Å². The maximum absolute atomic E-state index is 9.07. The van der Waals surface area contributed by atoms with Crippen LogP contribution in [0.15, 0.2) is 6.07 Å². The molecule has 0 fully saturated rings. The third kappa shape index (κ3) is 0.914. The van der Waals surface area contributed by atoms with E-state index in [1.165, 1.54) is 0 Å². The van der Waals surface area contributed by atoms with Gasteiger partial charge in [0, 0.05) is 0 Å². The van der Waals surface area contributed by atoms with Crippen LogP contribution in [0, 0.1) is 6.07 Å². The number of rotatable bonds is 0. The lowest BCUT2D eigenvalue weighted by molar-refractivity contribution is 0.475. The summed E-state index contributed by atoms with van der Waals surface area (Å²) in [4.78, 5) is 0. The van der Waals surface area contributed by atoms with Crippen LogP contribution in [-0.4, -0.2) is 20.5 Å². The number of nitrogens with zero attached hydrogens (tertiary/aromatic N) is 2. The molecule has 5 heteroatoms. The number of benzene rings is 1. The lowest BCUT2D eigenvalue weighted by Crippen LogP contribution is -1.72. The van der Waals surface area contributed by atoms with Crippen molar-refractivity contribution in [2.45, 2.75) is 0 Å². The zero-order chi connectivity index (χ0) is 7.84. The fourth-order valence-electron chi connectivity index (χ4n) is 0.796. The summed E-state index contributed by atoms with van der Waals surface area (Å²) in [5.74, 6) is -0.104. The molecule has 0 aliphatic heterocycles. The highest BCUT2D eigenvalue weighted by atomic mass is 35.5. The standard InChI is InChI=1S/C6H3ClN3O/c7-3-1-4-5(2-6(3)11)9-10-8-4/h1,11H,(H,8,9,10). The normalized spacial score (nSPS) is 10.6. The van der Waals surface area contributed by atoms with Crippen LogP contribution < -0.4 is 0 Å². The second-order valence-electron chi connectivity index (χ2n) is 2.04. The van der Waals surface area contributed by atoms with Crippen molar-refractivity contribution in [2.24, 2.45) is 0 Å². The zero-order valence-electron chi connectivity index (χ0n) is 5.30. The van der Waals surface area contributed by atoms with Crippen LogP contribution in [0.4, 0.5) is 0 Å². The first-order valence-corrected chi connectivity index (χ1v) is 3.27. The van der Waals surface area contributed by atoms with Crippen molar-refractivity contribution >= 4 is 22.6 Å². The number of aromatic hydroxyl groups is 1. The molecule has 2 N–H and O–H groups in total. The van der Waals surface area contributed by atoms with Gasteiger partial charge >= 0.3 is 0 Å². The highest BCUT2D eigenvalue weighted by molar-refractivity contribution is 6.32. The number of phenolic OH excluding ortho intramolecular Hbond substituents is 1. The van der Waals surface area contributed by atoms with E-state index in [0.29, 0.717) is 11.0 Å². The van der Waals surface area contributed by atoms with Gasteiger partial charge in [0.15, 0.2) is 0 Å². The lowest BCUT2D eigenvalue weighted by atomic mass is 10.3. The van der Waals surface area contributed by atoms with Gasteiger partial charge in [-0.3, -0.25) is 5.10 Å². The Hall–Kier alpha value is -1.29. The Morgan fingerprint density at radius 1 is 1.64 bits per heavy atom. The molecule has 2 rings (SSSR count). The first-order chi connectivity index (χ1) is 5.27. The Balaban J connectivity index is 2.86. The molecule has 1 radical (unpaired) electrons. The first kappa shape index (κ1) is 6.42. The quantitative estimate of drug-likeness (QED) is 0.620. The number of halogens is 1.